The van der Waals surface area contributed by atoms with Crippen molar-refractivity contribution in [1.29, 1.82) is 0 Å². The summed E-state index contributed by atoms with van der Waals surface area (Å²) in [5.74, 6) is 0. The molecule has 0 aliphatic heterocycles. The minimum Gasteiger partial charge on any atom is -0.339 e. The topological polar surface area (TPSA) is 9.23 Å². The average Bonchev–Trinajstić information content (AvgIpc) is 1.38. The average molecular weight is 224 g/mol. The summed E-state index contributed by atoms with van der Waals surface area (Å²) < 4.78 is 4.57. The Morgan fingerprint density at radius 2 is 2.20 bits per heavy atom. The van der Waals surface area contributed by atoms with E-state index >= 15 is 0 Å². The van der Waals surface area contributed by atoms with Gasteiger partial charge in [0.05, 0.1) is 0 Å². The van der Waals surface area contributed by atoms with Gasteiger partial charge in [-0.2, -0.15) is 0 Å². The molecule has 0 aliphatic carbocycles. The lowest BCUT2D eigenvalue weighted by atomic mass is 11.8. The SMILES string of the molecule is COP(Cl)I. The third kappa shape index (κ3) is 5.41. The molecule has 0 aromatic heterocycles. The molecule has 1 atom stereocenters. The summed E-state index contributed by atoms with van der Waals surface area (Å²) in [5.41, 5.74) is 0. The van der Waals surface area contributed by atoms with Crippen LogP contribution in [0.25, 0.3) is 0 Å². The Labute approximate surface area is 50.1 Å². The molecule has 5 heavy (non-hydrogen) atoms. The Balaban J connectivity index is 2.54. The summed E-state index contributed by atoms with van der Waals surface area (Å²) >= 11 is 7.31. The molecule has 0 rings (SSSR count). The molecular weight excluding hydrogens is 221 g/mol. The van der Waals surface area contributed by atoms with Gasteiger partial charge in [-0.25, -0.2) is 0 Å². The summed E-state index contributed by atoms with van der Waals surface area (Å²) in [5, 5.41) is -0.656. The molecule has 0 amide bonds. The molecule has 32 valence electrons. The Morgan fingerprint density at radius 3 is 2.20 bits per heavy atom. The fourth-order valence-corrected chi connectivity index (χ4v) is 0. The predicted molar refractivity (Wildman–Crippen MR) is 33.8 cm³/mol. The zero-order chi connectivity index (χ0) is 4.28. The van der Waals surface area contributed by atoms with Crippen LogP contribution < -0.4 is 0 Å². The molecule has 0 aromatic carbocycles. The Hall–Kier alpha value is 1.41. The minimum atomic E-state index is -0.656. The van der Waals surface area contributed by atoms with Gasteiger partial charge in [0.2, 0.25) is 0 Å². The zero-order valence-electron chi connectivity index (χ0n) is 2.61. The van der Waals surface area contributed by atoms with Gasteiger partial charge in [0, 0.05) is 7.11 Å². The number of hydrogen-bond acceptors (Lipinski definition) is 1. The molecule has 4 heteroatoms. The summed E-state index contributed by atoms with van der Waals surface area (Å²) in [6.45, 7) is 0. The van der Waals surface area contributed by atoms with Crippen LogP contribution in [0.1, 0.15) is 0 Å². The molecule has 0 aliphatic rings. The van der Waals surface area contributed by atoms with Gasteiger partial charge in [0.25, 0.3) is 0 Å². The highest BCUT2D eigenvalue weighted by molar-refractivity contribution is 14.2. The van der Waals surface area contributed by atoms with Crippen molar-refractivity contribution in [3.63, 3.8) is 0 Å². The number of rotatable bonds is 1. The fraction of sp³-hybridized carbons (Fsp3) is 1.00. The first-order valence-corrected chi connectivity index (χ1v) is 5.88. The van der Waals surface area contributed by atoms with Crippen molar-refractivity contribution in [2.24, 2.45) is 0 Å². The van der Waals surface area contributed by atoms with Crippen molar-refractivity contribution in [3.05, 3.63) is 0 Å². The van der Waals surface area contributed by atoms with E-state index < -0.39 is 5.14 Å². The minimum absolute atomic E-state index is 0.656. The molecule has 0 spiro atoms. The molecule has 0 bridgehead atoms. The maximum absolute atomic E-state index is 5.29. The van der Waals surface area contributed by atoms with Crippen LogP contribution in [0.5, 0.6) is 0 Å². The standard InChI is InChI=1S/CH3ClIOP/c1-4-5(2)3/h1H3. The lowest BCUT2D eigenvalue weighted by Crippen LogP contribution is -1.51. The van der Waals surface area contributed by atoms with Gasteiger partial charge >= 0.3 is 0 Å². The van der Waals surface area contributed by atoms with E-state index in [4.69, 9.17) is 11.2 Å². The van der Waals surface area contributed by atoms with E-state index in [0.717, 1.165) is 0 Å². The first-order valence-electron chi connectivity index (χ1n) is 0.929. The van der Waals surface area contributed by atoms with E-state index in [1.54, 1.807) is 7.11 Å². The monoisotopic (exact) mass is 224 g/mol. The van der Waals surface area contributed by atoms with Crippen LogP contribution in [-0.2, 0) is 4.52 Å². The smallest absolute Gasteiger partial charge is 0.191 e. The van der Waals surface area contributed by atoms with E-state index in [-0.39, 0.29) is 0 Å². The van der Waals surface area contributed by atoms with Crippen LogP contribution >= 0.6 is 38.4 Å². The molecule has 0 fully saturated rings. The maximum atomic E-state index is 5.29. The summed E-state index contributed by atoms with van der Waals surface area (Å²) in [6.07, 6.45) is 0. The quantitative estimate of drug-likeness (QED) is 0.491. The summed E-state index contributed by atoms with van der Waals surface area (Å²) in [6, 6.07) is 0. The molecule has 0 radical (unpaired) electrons. The van der Waals surface area contributed by atoms with Crippen LogP contribution in [0.3, 0.4) is 0 Å². The van der Waals surface area contributed by atoms with E-state index in [1.807, 2.05) is 22.0 Å². The first-order chi connectivity index (χ1) is 2.27. The van der Waals surface area contributed by atoms with Crippen molar-refractivity contribution < 1.29 is 4.52 Å². The molecule has 0 N–H and O–H groups in total. The summed E-state index contributed by atoms with van der Waals surface area (Å²) in [4.78, 5) is 0. The van der Waals surface area contributed by atoms with Gasteiger partial charge in [-0.1, -0.05) is 11.2 Å². The van der Waals surface area contributed by atoms with Crippen LogP contribution in [0.4, 0.5) is 0 Å². The third-order valence-corrected chi connectivity index (χ3v) is 2.01. The van der Waals surface area contributed by atoms with Crippen molar-refractivity contribution in [3.8, 4) is 0 Å². The Morgan fingerprint density at radius 1 is 2.00 bits per heavy atom. The third-order valence-electron chi connectivity index (χ3n) is 0.138. The number of hydrogen-bond donors (Lipinski definition) is 0. The number of halogens is 2. The van der Waals surface area contributed by atoms with E-state index in [9.17, 15) is 0 Å². The Kier molecular flexibility index (Phi) is 4.61. The molecule has 0 aromatic rings. The summed E-state index contributed by atoms with van der Waals surface area (Å²) in [7, 11) is 1.59. The highest BCUT2D eigenvalue weighted by atomic mass is 127. The van der Waals surface area contributed by atoms with Gasteiger partial charge < -0.3 is 4.52 Å². The van der Waals surface area contributed by atoms with Gasteiger partial charge in [0.1, 0.15) is 0 Å². The second-order valence-electron chi connectivity index (χ2n) is 0.384. The van der Waals surface area contributed by atoms with Crippen LogP contribution in [0.2, 0.25) is 0 Å². The highest BCUT2D eigenvalue weighted by Gasteiger charge is 1.86. The second kappa shape index (κ2) is 3.59. The van der Waals surface area contributed by atoms with Crippen LogP contribution in [-0.4, -0.2) is 7.11 Å². The van der Waals surface area contributed by atoms with Crippen molar-refractivity contribution in [2.45, 2.75) is 0 Å². The van der Waals surface area contributed by atoms with Crippen molar-refractivity contribution >= 4 is 38.4 Å². The van der Waals surface area contributed by atoms with Gasteiger partial charge in [0.15, 0.2) is 5.14 Å². The maximum Gasteiger partial charge on any atom is 0.191 e. The predicted octanol–water partition coefficient (Wildman–Crippen LogP) is 2.53. The Bertz CT molecular complexity index is 25.6. The van der Waals surface area contributed by atoms with Gasteiger partial charge in [-0.3, -0.25) is 0 Å². The molecule has 0 saturated carbocycles. The molecule has 0 heterocycles. The first kappa shape index (κ1) is 6.41. The lowest BCUT2D eigenvalue weighted by molar-refractivity contribution is 0.483. The van der Waals surface area contributed by atoms with Crippen molar-refractivity contribution in [1.82, 2.24) is 0 Å². The molecule has 1 nitrogen and oxygen atoms in total. The molecular formula is CH3ClIOP. The van der Waals surface area contributed by atoms with E-state index in [0.29, 0.717) is 0 Å². The van der Waals surface area contributed by atoms with Gasteiger partial charge in [-0.05, 0) is 22.0 Å². The fourth-order valence-electron chi connectivity index (χ4n) is 0. The lowest BCUT2D eigenvalue weighted by Gasteiger charge is -1.87. The van der Waals surface area contributed by atoms with Crippen LogP contribution in [0, 0.1) is 0 Å². The zero-order valence-corrected chi connectivity index (χ0v) is 6.42. The van der Waals surface area contributed by atoms with Crippen LogP contribution in [0.15, 0.2) is 0 Å². The highest BCUT2D eigenvalue weighted by Crippen LogP contribution is 2.49. The molecule has 1 unspecified atom stereocenters. The van der Waals surface area contributed by atoms with Crippen molar-refractivity contribution in [2.75, 3.05) is 7.11 Å². The van der Waals surface area contributed by atoms with Gasteiger partial charge in [-0.15, -0.1) is 0 Å². The molecule has 0 saturated heterocycles. The largest absolute Gasteiger partial charge is 0.339 e. The van der Waals surface area contributed by atoms with E-state index in [1.165, 1.54) is 0 Å². The normalized spacial score (nSPS) is 15.0. The second-order valence-corrected chi connectivity index (χ2v) is 6.41. The van der Waals surface area contributed by atoms with E-state index in [2.05, 4.69) is 4.52 Å².